The SMILES string of the molecule is CC(CC(=O)NCc1nc(C(=O)O)cs1)C(C)(C)C. The van der Waals surface area contributed by atoms with E-state index in [-0.39, 0.29) is 29.5 Å². The number of aromatic nitrogens is 1. The van der Waals surface area contributed by atoms with Crippen LogP contribution in [0.2, 0.25) is 0 Å². The summed E-state index contributed by atoms with van der Waals surface area (Å²) in [5, 5.41) is 13.6. The van der Waals surface area contributed by atoms with Gasteiger partial charge in [0.2, 0.25) is 5.91 Å². The van der Waals surface area contributed by atoms with E-state index in [9.17, 15) is 9.59 Å². The standard InChI is InChI=1S/C13H20N2O3S/c1-8(13(2,3)4)5-10(16)14-6-11-15-9(7-19-11)12(17)18/h7-8H,5-6H2,1-4H3,(H,14,16)(H,17,18). The third-order valence-corrected chi connectivity index (χ3v) is 4.03. The lowest BCUT2D eigenvalue weighted by Gasteiger charge is -2.26. The van der Waals surface area contributed by atoms with Gasteiger partial charge in [-0.25, -0.2) is 9.78 Å². The predicted molar refractivity (Wildman–Crippen MR) is 74.2 cm³/mol. The molecule has 106 valence electrons. The topological polar surface area (TPSA) is 79.3 Å². The number of nitrogens with zero attached hydrogens (tertiary/aromatic N) is 1. The van der Waals surface area contributed by atoms with Crippen molar-refractivity contribution in [3.8, 4) is 0 Å². The first-order chi connectivity index (χ1) is 8.70. The van der Waals surface area contributed by atoms with Gasteiger partial charge in [-0.15, -0.1) is 11.3 Å². The summed E-state index contributed by atoms with van der Waals surface area (Å²) in [4.78, 5) is 26.3. The minimum atomic E-state index is -1.05. The second-order valence-electron chi connectivity index (χ2n) is 5.68. The van der Waals surface area contributed by atoms with E-state index in [0.29, 0.717) is 11.4 Å². The van der Waals surface area contributed by atoms with Crippen LogP contribution < -0.4 is 5.32 Å². The number of thiazole rings is 1. The van der Waals surface area contributed by atoms with E-state index in [0.717, 1.165) is 0 Å². The molecule has 1 rings (SSSR count). The maximum Gasteiger partial charge on any atom is 0.355 e. The molecular formula is C13H20N2O3S. The van der Waals surface area contributed by atoms with Crippen molar-refractivity contribution in [3.63, 3.8) is 0 Å². The van der Waals surface area contributed by atoms with Crippen LogP contribution in [0.4, 0.5) is 0 Å². The molecule has 0 saturated heterocycles. The van der Waals surface area contributed by atoms with Gasteiger partial charge in [0, 0.05) is 11.8 Å². The van der Waals surface area contributed by atoms with Gasteiger partial charge in [0.15, 0.2) is 5.69 Å². The number of amides is 1. The fraction of sp³-hybridized carbons (Fsp3) is 0.615. The zero-order valence-electron chi connectivity index (χ0n) is 11.7. The van der Waals surface area contributed by atoms with Crippen LogP contribution in [-0.2, 0) is 11.3 Å². The Hall–Kier alpha value is -1.43. The molecule has 0 aliphatic carbocycles. The van der Waals surface area contributed by atoms with E-state index in [2.05, 4.69) is 31.1 Å². The van der Waals surface area contributed by atoms with Crippen molar-refractivity contribution in [1.29, 1.82) is 0 Å². The molecule has 0 aromatic carbocycles. The molecule has 5 nitrogen and oxygen atoms in total. The van der Waals surface area contributed by atoms with Gasteiger partial charge in [-0.05, 0) is 11.3 Å². The first-order valence-corrected chi connectivity index (χ1v) is 7.02. The van der Waals surface area contributed by atoms with E-state index in [1.165, 1.54) is 16.7 Å². The molecule has 0 fully saturated rings. The number of aromatic carboxylic acids is 1. The van der Waals surface area contributed by atoms with E-state index < -0.39 is 5.97 Å². The third-order valence-electron chi connectivity index (χ3n) is 3.18. The van der Waals surface area contributed by atoms with Crippen molar-refractivity contribution in [3.05, 3.63) is 16.1 Å². The molecule has 6 heteroatoms. The van der Waals surface area contributed by atoms with Crippen LogP contribution in [0.1, 0.15) is 49.6 Å². The molecule has 0 bridgehead atoms. The number of rotatable bonds is 5. The quantitative estimate of drug-likeness (QED) is 0.870. The normalized spacial score (nSPS) is 13.1. The number of hydrogen-bond acceptors (Lipinski definition) is 4. The Morgan fingerprint density at radius 1 is 1.47 bits per heavy atom. The Morgan fingerprint density at radius 2 is 2.11 bits per heavy atom. The van der Waals surface area contributed by atoms with Crippen LogP contribution in [0.15, 0.2) is 5.38 Å². The molecule has 2 N–H and O–H groups in total. The summed E-state index contributed by atoms with van der Waals surface area (Å²) >= 11 is 1.24. The Bertz CT molecular complexity index is 463. The summed E-state index contributed by atoms with van der Waals surface area (Å²) in [7, 11) is 0. The molecule has 1 amide bonds. The molecule has 0 radical (unpaired) electrons. The number of hydrogen-bond donors (Lipinski definition) is 2. The Kier molecular flexibility index (Phi) is 5.05. The molecule has 0 aliphatic heterocycles. The highest BCUT2D eigenvalue weighted by Gasteiger charge is 2.22. The van der Waals surface area contributed by atoms with Crippen molar-refractivity contribution < 1.29 is 14.7 Å². The first-order valence-electron chi connectivity index (χ1n) is 6.14. The molecule has 1 aromatic rings. The van der Waals surface area contributed by atoms with Gasteiger partial charge in [0.05, 0.1) is 6.54 Å². The van der Waals surface area contributed by atoms with Crippen LogP contribution in [0.3, 0.4) is 0 Å². The molecular weight excluding hydrogens is 264 g/mol. The van der Waals surface area contributed by atoms with Crippen LogP contribution in [0, 0.1) is 11.3 Å². The van der Waals surface area contributed by atoms with Crippen LogP contribution in [-0.4, -0.2) is 22.0 Å². The van der Waals surface area contributed by atoms with Crippen molar-refractivity contribution in [2.45, 2.75) is 40.7 Å². The predicted octanol–water partition coefficient (Wildman–Crippen LogP) is 2.53. The third kappa shape index (κ3) is 4.98. The summed E-state index contributed by atoms with van der Waals surface area (Å²) < 4.78 is 0. The van der Waals surface area contributed by atoms with Crippen molar-refractivity contribution >= 4 is 23.2 Å². The summed E-state index contributed by atoms with van der Waals surface area (Å²) in [6, 6.07) is 0. The lowest BCUT2D eigenvalue weighted by molar-refractivity contribution is -0.122. The summed E-state index contributed by atoms with van der Waals surface area (Å²) in [5.41, 5.74) is 0.118. The summed E-state index contributed by atoms with van der Waals surface area (Å²) in [5.74, 6) is -0.803. The molecule has 1 heterocycles. The maximum atomic E-state index is 11.8. The molecule has 1 aromatic heterocycles. The van der Waals surface area contributed by atoms with Gasteiger partial charge < -0.3 is 10.4 Å². The van der Waals surface area contributed by atoms with Crippen molar-refractivity contribution in [2.24, 2.45) is 11.3 Å². The average molecular weight is 284 g/mol. The number of nitrogens with one attached hydrogen (secondary N) is 1. The van der Waals surface area contributed by atoms with E-state index in [1.54, 1.807) is 0 Å². The summed E-state index contributed by atoms with van der Waals surface area (Å²) in [6.45, 7) is 8.64. The fourth-order valence-corrected chi connectivity index (χ4v) is 2.03. The highest BCUT2D eigenvalue weighted by molar-refractivity contribution is 7.09. The Labute approximate surface area is 117 Å². The average Bonchev–Trinajstić information content (AvgIpc) is 2.73. The largest absolute Gasteiger partial charge is 0.476 e. The summed E-state index contributed by atoms with van der Waals surface area (Å²) in [6.07, 6.45) is 0.459. The van der Waals surface area contributed by atoms with Crippen LogP contribution >= 0.6 is 11.3 Å². The van der Waals surface area contributed by atoms with Gasteiger partial charge >= 0.3 is 5.97 Å². The van der Waals surface area contributed by atoms with Crippen molar-refractivity contribution in [1.82, 2.24) is 10.3 Å². The minimum absolute atomic E-state index is 0.0253. The van der Waals surface area contributed by atoms with Gasteiger partial charge in [0.1, 0.15) is 5.01 Å². The minimum Gasteiger partial charge on any atom is -0.476 e. The Balaban J connectivity index is 2.44. The smallest absolute Gasteiger partial charge is 0.355 e. The van der Waals surface area contributed by atoms with Gasteiger partial charge in [0.25, 0.3) is 0 Å². The van der Waals surface area contributed by atoms with Crippen molar-refractivity contribution in [2.75, 3.05) is 0 Å². The maximum absolute atomic E-state index is 11.8. The number of carbonyl (C=O) groups excluding carboxylic acids is 1. The Morgan fingerprint density at radius 3 is 2.58 bits per heavy atom. The lowest BCUT2D eigenvalue weighted by Crippen LogP contribution is -2.28. The van der Waals surface area contributed by atoms with Gasteiger partial charge in [-0.3, -0.25) is 4.79 Å². The molecule has 1 atom stereocenters. The van der Waals surface area contributed by atoms with E-state index >= 15 is 0 Å². The van der Waals surface area contributed by atoms with E-state index in [4.69, 9.17) is 5.11 Å². The number of carboxylic acids is 1. The molecule has 0 aliphatic rings. The monoisotopic (exact) mass is 284 g/mol. The van der Waals surface area contributed by atoms with Crippen LogP contribution in [0.5, 0.6) is 0 Å². The molecule has 19 heavy (non-hydrogen) atoms. The zero-order valence-corrected chi connectivity index (χ0v) is 12.5. The van der Waals surface area contributed by atoms with Crippen LogP contribution in [0.25, 0.3) is 0 Å². The number of carbonyl (C=O) groups is 2. The zero-order chi connectivity index (χ0) is 14.6. The number of carboxylic acid groups (broad SMARTS) is 1. The van der Waals surface area contributed by atoms with Gasteiger partial charge in [-0.1, -0.05) is 27.7 Å². The second kappa shape index (κ2) is 6.14. The molecule has 1 unspecified atom stereocenters. The highest BCUT2D eigenvalue weighted by atomic mass is 32.1. The van der Waals surface area contributed by atoms with E-state index in [1.807, 2.05) is 6.92 Å². The first kappa shape index (κ1) is 15.6. The highest BCUT2D eigenvalue weighted by Crippen LogP contribution is 2.27. The fourth-order valence-electron chi connectivity index (χ4n) is 1.32. The molecule has 0 saturated carbocycles. The lowest BCUT2D eigenvalue weighted by atomic mass is 9.80. The van der Waals surface area contributed by atoms with Gasteiger partial charge in [-0.2, -0.15) is 0 Å². The second-order valence-corrected chi connectivity index (χ2v) is 6.62. The molecule has 0 spiro atoms.